The fourth-order valence-corrected chi connectivity index (χ4v) is 3.98. The zero-order valence-electron chi connectivity index (χ0n) is 18.1. The molecule has 0 saturated heterocycles. The summed E-state index contributed by atoms with van der Waals surface area (Å²) in [5.74, 6) is 0.866. The van der Waals surface area contributed by atoms with Gasteiger partial charge in [0.25, 0.3) is 0 Å². The van der Waals surface area contributed by atoms with Gasteiger partial charge < -0.3 is 22.0 Å². The molecule has 0 aromatic heterocycles. The van der Waals surface area contributed by atoms with Crippen LogP contribution in [0.5, 0.6) is 5.75 Å². The van der Waals surface area contributed by atoms with Crippen molar-refractivity contribution in [2.24, 2.45) is 0 Å². The molecular weight excluding hydrogens is 392 g/mol. The van der Waals surface area contributed by atoms with Crippen molar-refractivity contribution in [3.63, 3.8) is 0 Å². The molecule has 0 bridgehead atoms. The summed E-state index contributed by atoms with van der Waals surface area (Å²) >= 11 is 0. The van der Waals surface area contributed by atoms with Gasteiger partial charge in [-0.15, -0.1) is 0 Å². The monoisotopic (exact) mass is 418 g/mol. The molecule has 3 nitrogen and oxygen atoms in total. The Morgan fingerprint density at radius 2 is 1.40 bits per heavy atom. The van der Waals surface area contributed by atoms with Gasteiger partial charge in [-0.3, -0.25) is 0 Å². The maximum Gasteiger partial charge on any atom is 0.213 e. The average Bonchev–Trinajstić information content (AvgIpc) is 3.00. The fourth-order valence-electron chi connectivity index (χ4n) is 3.98. The van der Waals surface area contributed by atoms with Crippen LogP contribution in [0, 0.1) is 0 Å². The lowest BCUT2D eigenvalue weighted by Gasteiger charge is -2.16. The van der Waals surface area contributed by atoms with E-state index in [1.165, 1.54) is 44.9 Å². The van der Waals surface area contributed by atoms with Crippen LogP contribution in [0.1, 0.15) is 23.6 Å². The Labute approximate surface area is 185 Å². The Hall–Kier alpha value is -3.04. The molecule has 3 aromatic rings. The third kappa shape index (κ3) is 3.73. The first-order valence-corrected chi connectivity index (χ1v) is 9.84. The number of nitrogens with zero attached hydrogens (tertiary/aromatic N) is 2. The number of benzene rings is 3. The smallest absolute Gasteiger partial charge is 0.213 e. The third-order valence-corrected chi connectivity index (χ3v) is 5.70. The number of ether oxygens (including phenoxy) is 1. The Balaban J connectivity index is 0.00000256. The van der Waals surface area contributed by atoms with Crippen LogP contribution in [0.4, 0.5) is 11.4 Å². The van der Waals surface area contributed by atoms with E-state index in [4.69, 9.17) is 4.74 Å². The largest absolute Gasteiger partial charge is 1.00 e. The first-order chi connectivity index (χ1) is 14.0. The molecule has 4 heteroatoms. The van der Waals surface area contributed by atoms with E-state index in [0.29, 0.717) is 0 Å². The molecule has 1 aliphatic heterocycles. The van der Waals surface area contributed by atoms with Gasteiger partial charge in [-0.1, -0.05) is 36.4 Å². The van der Waals surface area contributed by atoms with E-state index in [2.05, 4.69) is 98.2 Å². The first-order valence-electron chi connectivity index (χ1n) is 9.84. The Bertz CT molecular complexity index is 1110. The molecule has 0 radical (unpaired) electrons. The molecule has 154 valence electrons. The highest BCUT2D eigenvalue weighted by Crippen LogP contribution is 2.41. The van der Waals surface area contributed by atoms with Gasteiger partial charge in [0, 0.05) is 38.3 Å². The summed E-state index contributed by atoms with van der Waals surface area (Å²) in [6.45, 7) is 2.20. The van der Waals surface area contributed by atoms with Crippen LogP contribution in [0.2, 0.25) is 0 Å². The highest BCUT2D eigenvalue weighted by Gasteiger charge is 2.32. The second kappa shape index (κ2) is 8.76. The molecule has 4 rings (SSSR count). The molecule has 0 fully saturated rings. The lowest BCUT2D eigenvalue weighted by molar-refractivity contribution is -0.401. The van der Waals surface area contributed by atoms with Crippen LogP contribution in [-0.2, 0) is 0 Å². The van der Waals surface area contributed by atoms with E-state index in [1.807, 2.05) is 12.1 Å². The number of halogens is 1. The molecule has 0 atom stereocenters. The summed E-state index contributed by atoms with van der Waals surface area (Å²) in [5.41, 5.74) is 9.89. The number of allylic oxidation sites excluding steroid dienone is 1. The zero-order valence-corrected chi connectivity index (χ0v) is 18.9. The Kier molecular flexibility index (Phi) is 6.33. The van der Waals surface area contributed by atoms with Gasteiger partial charge in [-0.2, -0.15) is 4.58 Å². The van der Waals surface area contributed by atoms with Crippen LogP contribution in [0.25, 0.3) is 11.1 Å². The molecule has 1 aliphatic rings. The molecule has 0 spiro atoms. The summed E-state index contributed by atoms with van der Waals surface area (Å²) in [6.07, 6.45) is 0. The summed E-state index contributed by atoms with van der Waals surface area (Å²) in [5, 5.41) is 0. The van der Waals surface area contributed by atoms with E-state index < -0.39 is 0 Å². The molecule has 0 aliphatic carbocycles. The van der Waals surface area contributed by atoms with Gasteiger partial charge in [0.2, 0.25) is 5.69 Å². The van der Waals surface area contributed by atoms with Crippen LogP contribution >= 0.6 is 0 Å². The number of anilines is 1. The van der Waals surface area contributed by atoms with Crippen molar-refractivity contribution in [1.29, 1.82) is 0 Å². The number of rotatable bonds is 4. The molecule has 0 amide bonds. The topological polar surface area (TPSA) is 15.5 Å². The standard InChI is InChI=1S/C26H27N2O.ClH/c1-18-25(23-8-6-7-9-24(23)28(18)4)26(20-12-16-22(29-5)17-13-20)19-10-14-21(15-11-19)27(2)3;/h6-17H,1-5H3;1H/q+1;/p-1. The number of para-hydroxylation sites is 1. The summed E-state index contributed by atoms with van der Waals surface area (Å²) < 4.78 is 7.66. The highest BCUT2D eigenvalue weighted by atomic mass is 35.5. The lowest BCUT2D eigenvalue weighted by Crippen LogP contribution is -3.00. The van der Waals surface area contributed by atoms with Gasteiger partial charge in [0.15, 0.2) is 5.71 Å². The predicted molar refractivity (Wildman–Crippen MR) is 123 cm³/mol. The second-order valence-corrected chi connectivity index (χ2v) is 7.58. The van der Waals surface area contributed by atoms with Crippen molar-refractivity contribution >= 4 is 28.2 Å². The molecule has 0 N–H and O–H groups in total. The van der Waals surface area contributed by atoms with E-state index >= 15 is 0 Å². The highest BCUT2D eigenvalue weighted by molar-refractivity contribution is 6.32. The minimum atomic E-state index is 0. The molecule has 0 saturated carbocycles. The Morgan fingerprint density at radius 1 is 0.833 bits per heavy atom. The maximum absolute atomic E-state index is 5.38. The van der Waals surface area contributed by atoms with Gasteiger partial charge in [0.05, 0.1) is 18.2 Å². The molecule has 0 unspecified atom stereocenters. The minimum Gasteiger partial charge on any atom is -1.00 e. The quantitative estimate of drug-likeness (QED) is 0.605. The van der Waals surface area contributed by atoms with Gasteiger partial charge >= 0.3 is 0 Å². The maximum atomic E-state index is 5.38. The van der Waals surface area contributed by atoms with Crippen molar-refractivity contribution in [1.82, 2.24) is 0 Å². The van der Waals surface area contributed by atoms with Crippen molar-refractivity contribution in [2.45, 2.75) is 6.92 Å². The SMILES string of the molecule is COc1ccc(/C(=C2\C(C)=[N+](C)c3ccccc32)c2ccc(N(C)C)cc2)cc1.[Cl-]. The number of hydrogen-bond donors (Lipinski definition) is 0. The number of fused-ring (bicyclic) bond motifs is 1. The third-order valence-electron chi connectivity index (χ3n) is 5.70. The van der Waals surface area contributed by atoms with Crippen LogP contribution in [0.15, 0.2) is 72.8 Å². The molecular formula is C26H27ClN2O. The average molecular weight is 419 g/mol. The number of hydrogen-bond acceptors (Lipinski definition) is 2. The van der Waals surface area contributed by atoms with Crippen molar-refractivity contribution in [2.75, 3.05) is 33.2 Å². The number of methoxy groups -OCH3 is 1. The predicted octanol–water partition coefficient (Wildman–Crippen LogP) is 2.47. The fraction of sp³-hybridized carbons (Fsp3) is 0.192. The normalized spacial score (nSPS) is 14.2. The van der Waals surface area contributed by atoms with Crippen molar-refractivity contribution < 1.29 is 21.7 Å². The lowest BCUT2D eigenvalue weighted by atomic mass is 9.88. The van der Waals surface area contributed by atoms with E-state index in [0.717, 1.165) is 5.75 Å². The Morgan fingerprint density at radius 3 is 1.97 bits per heavy atom. The van der Waals surface area contributed by atoms with E-state index in [9.17, 15) is 0 Å². The summed E-state index contributed by atoms with van der Waals surface area (Å²) in [4.78, 5) is 2.12. The van der Waals surface area contributed by atoms with E-state index in [1.54, 1.807) is 7.11 Å². The second-order valence-electron chi connectivity index (χ2n) is 7.58. The van der Waals surface area contributed by atoms with Gasteiger partial charge in [0.1, 0.15) is 12.8 Å². The molecule has 1 heterocycles. The van der Waals surface area contributed by atoms with Gasteiger partial charge in [-0.25, -0.2) is 0 Å². The van der Waals surface area contributed by atoms with Crippen LogP contribution in [0.3, 0.4) is 0 Å². The van der Waals surface area contributed by atoms with Crippen LogP contribution in [-0.4, -0.2) is 38.5 Å². The van der Waals surface area contributed by atoms with Crippen molar-refractivity contribution in [3.8, 4) is 5.75 Å². The summed E-state index contributed by atoms with van der Waals surface area (Å²) in [6, 6.07) is 25.8. The minimum absolute atomic E-state index is 0. The van der Waals surface area contributed by atoms with Crippen LogP contribution < -0.4 is 22.0 Å². The molecule has 3 aromatic carbocycles. The molecule has 30 heavy (non-hydrogen) atoms. The zero-order chi connectivity index (χ0) is 20.5. The first kappa shape index (κ1) is 21.7. The van der Waals surface area contributed by atoms with Crippen molar-refractivity contribution in [3.05, 3.63) is 89.5 Å². The van der Waals surface area contributed by atoms with E-state index in [-0.39, 0.29) is 12.4 Å². The van der Waals surface area contributed by atoms with Gasteiger partial charge in [-0.05, 0) is 41.5 Å². The summed E-state index contributed by atoms with van der Waals surface area (Å²) in [7, 11) is 7.98.